The first-order valence-electron chi connectivity index (χ1n) is 5.93. The van der Waals surface area contributed by atoms with E-state index in [2.05, 4.69) is 0 Å². The van der Waals surface area contributed by atoms with Crippen LogP contribution < -0.4 is 0 Å². The summed E-state index contributed by atoms with van der Waals surface area (Å²) in [6.45, 7) is 0. The molecule has 1 aliphatic carbocycles. The van der Waals surface area contributed by atoms with Crippen LogP contribution in [0.4, 0.5) is 0 Å². The third-order valence-electron chi connectivity index (χ3n) is 3.73. The smallest absolute Gasteiger partial charge is 0.314 e. The molecule has 0 saturated heterocycles. The van der Waals surface area contributed by atoms with E-state index >= 15 is 0 Å². The van der Waals surface area contributed by atoms with Crippen LogP contribution in [0.3, 0.4) is 0 Å². The zero-order valence-corrected chi connectivity index (χ0v) is 12.5. The van der Waals surface area contributed by atoms with Gasteiger partial charge in [-0.15, -0.1) is 11.8 Å². The summed E-state index contributed by atoms with van der Waals surface area (Å²) in [4.78, 5) is 12.4. The van der Waals surface area contributed by atoms with Crippen LogP contribution in [0.1, 0.15) is 24.8 Å². The van der Waals surface area contributed by atoms with Crippen LogP contribution in [0.5, 0.6) is 0 Å². The van der Waals surface area contributed by atoms with E-state index in [0.29, 0.717) is 23.3 Å². The lowest BCUT2D eigenvalue weighted by atomic mass is 9.64. The summed E-state index contributed by atoms with van der Waals surface area (Å²) in [5.74, 6) is -0.866. The van der Waals surface area contributed by atoms with Crippen molar-refractivity contribution in [1.82, 2.24) is 0 Å². The van der Waals surface area contributed by atoms with Crippen LogP contribution in [-0.2, 0) is 20.0 Å². The lowest BCUT2D eigenvalue weighted by Crippen LogP contribution is -2.42. The van der Waals surface area contributed by atoms with Crippen molar-refractivity contribution in [1.29, 1.82) is 0 Å². The Bertz CT molecular complexity index is 616. The molecule has 1 fully saturated rings. The Kier molecular flexibility index (Phi) is 3.66. The number of rotatable bonds is 4. The molecule has 0 unspecified atom stereocenters. The molecule has 4 nitrogen and oxygen atoms in total. The molecule has 104 valence electrons. The van der Waals surface area contributed by atoms with Crippen LogP contribution in [0, 0.1) is 0 Å². The van der Waals surface area contributed by atoms with Gasteiger partial charge in [0.15, 0.2) is 9.84 Å². The van der Waals surface area contributed by atoms with Gasteiger partial charge in [0.1, 0.15) is 0 Å². The fraction of sp³-hybridized carbons (Fsp3) is 0.462. The molecule has 0 aliphatic heterocycles. The SMILES string of the molecule is CSc1ccc(C2(C(=O)O)CCC2)cc1S(C)(=O)=O. The minimum absolute atomic E-state index is 0.227. The van der Waals surface area contributed by atoms with E-state index in [9.17, 15) is 18.3 Å². The normalized spacial score (nSPS) is 17.8. The summed E-state index contributed by atoms with van der Waals surface area (Å²) < 4.78 is 23.6. The maximum atomic E-state index is 11.8. The fourth-order valence-electron chi connectivity index (χ4n) is 2.42. The molecule has 1 saturated carbocycles. The van der Waals surface area contributed by atoms with Gasteiger partial charge >= 0.3 is 5.97 Å². The van der Waals surface area contributed by atoms with Gasteiger partial charge < -0.3 is 5.11 Å². The fourth-order valence-corrected chi connectivity index (χ4v) is 4.36. The molecule has 0 bridgehead atoms. The third-order valence-corrected chi connectivity index (χ3v) is 5.79. The van der Waals surface area contributed by atoms with Gasteiger partial charge in [0.2, 0.25) is 0 Å². The maximum absolute atomic E-state index is 11.8. The van der Waals surface area contributed by atoms with E-state index in [4.69, 9.17) is 0 Å². The Morgan fingerprint density at radius 2 is 2.00 bits per heavy atom. The topological polar surface area (TPSA) is 71.4 Å². The minimum Gasteiger partial charge on any atom is -0.481 e. The first-order valence-corrected chi connectivity index (χ1v) is 9.05. The van der Waals surface area contributed by atoms with Gasteiger partial charge in [0.05, 0.1) is 10.3 Å². The van der Waals surface area contributed by atoms with Gasteiger partial charge in [-0.25, -0.2) is 8.42 Å². The summed E-state index contributed by atoms with van der Waals surface area (Å²) in [6, 6.07) is 4.99. The second-order valence-corrected chi connectivity index (χ2v) is 7.71. The van der Waals surface area contributed by atoms with Gasteiger partial charge in [0, 0.05) is 11.2 Å². The summed E-state index contributed by atoms with van der Waals surface area (Å²) >= 11 is 1.35. The largest absolute Gasteiger partial charge is 0.481 e. The quantitative estimate of drug-likeness (QED) is 0.864. The Labute approximate surface area is 117 Å². The molecule has 2 rings (SSSR count). The highest BCUT2D eigenvalue weighted by atomic mass is 32.2. The second kappa shape index (κ2) is 4.83. The average Bonchev–Trinajstić information content (AvgIpc) is 2.25. The van der Waals surface area contributed by atoms with Crippen molar-refractivity contribution in [2.75, 3.05) is 12.5 Å². The van der Waals surface area contributed by atoms with Gasteiger partial charge in [-0.2, -0.15) is 0 Å². The summed E-state index contributed by atoms with van der Waals surface area (Å²) in [5, 5.41) is 9.40. The minimum atomic E-state index is -3.35. The zero-order chi connectivity index (χ0) is 14.3. The molecule has 6 heteroatoms. The Morgan fingerprint density at radius 3 is 2.37 bits per heavy atom. The van der Waals surface area contributed by atoms with Crippen LogP contribution in [0.15, 0.2) is 28.0 Å². The third kappa shape index (κ3) is 2.39. The first kappa shape index (κ1) is 14.4. The molecule has 0 atom stereocenters. The van der Waals surface area contributed by atoms with Crippen molar-refractivity contribution in [2.24, 2.45) is 0 Å². The van der Waals surface area contributed by atoms with Gasteiger partial charge in [-0.05, 0) is 36.8 Å². The number of sulfone groups is 1. The predicted octanol–water partition coefficient (Wildman–Crippen LogP) is 2.32. The van der Waals surface area contributed by atoms with Crippen molar-refractivity contribution < 1.29 is 18.3 Å². The summed E-state index contributed by atoms with van der Waals surface area (Å²) in [6.07, 6.45) is 4.97. The van der Waals surface area contributed by atoms with Gasteiger partial charge in [-0.1, -0.05) is 12.5 Å². The Balaban J connectivity index is 2.59. The maximum Gasteiger partial charge on any atom is 0.314 e. The van der Waals surface area contributed by atoms with Crippen molar-refractivity contribution in [3.63, 3.8) is 0 Å². The molecule has 1 N–H and O–H groups in total. The zero-order valence-electron chi connectivity index (χ0n) is 10.8. The van der Waals surface area contributed by atoms with E-state index in [-0.39, 0.29) is 4.90 Å². The highest BCUT2D eigenvalue weighted by Crippen LogP contribution is 2.45. The Morgan fingerprint density at radius 1 is 1.37 bits per heavy atom. The highest BCUT2D eigenvalue weighted by molar-refractivity contribution is 7.99. The molecule has 1 aromatic rings. The number of carboxylic acids is 1. The number of thioether (sulfide) groups is 1. The monoisotopic (exact) mass is 300 g/mol. The lowest BCUT2D eigenvalue weighted by Gasteiger charge is -2.38. The molecular weight excluding hydrogens is 284 g/mol. The molecular formula is C13H16O4S2. The standard InChI is InChI=1S/C13H16O4S2/c1-18-10-5-4-9(8-11(10)19(2,16)17)13(12(14)15)6-3-7-13/h4-5,8H,3,6-7H2,1-2H3,(H,14,15). The Hall–Kier alpha value is -1.01. The number of hydrogen-bond donors (Lipinski definition) is 1. The van der Waals surface area contributed by atoms with Crippen molar-refractivity contribution in [2.45, 2.75) is 34.5 Å². The number of carbonyl (C=O) groups is 1. The molecule has 0 spiro atoms. The summed E-state index contributed by atoms with van der Waals surface area (Å²) in [5.41, 5.74) is -0.291. The molecule has 0 heterocycles. The lowest BCUT2D eigenvalue weighted by molar-refractivity contribution is -0.147. The molecule has 0 amide bonds. The van der Waals surface area contributed by atoms with Crippen molar-refractivity contribution in [3.8, 4) is 0 Å². The summed E-state index contributed by atoms with van der Waals surface area (Å²) in [7, 11) is -3.35. The van der Waals surface area contributed by atoms with E-state index < -0.39 is 21.2 Å². The average molecular weight is 300 g/mol. The van der Waals surface area contributed by atoms with Crippen LogP contribution in [0.2, 0.25) is 0 Å². The number of hydrogen-bond acceptors (Lipinski definition) is 4. The van der Waals surface area contributed by atoms with Crippen LogP contribution in [-0.4, -0.2) is 32.0 Å². The number of carboxylic acid groups (broad SMARTS) is 1. The van der Waals surface area contributed by atoms with Crippen LogP contribution >= 0.6 is 11.8 Å². The van der Waals surface area contributed by atoms with E-state index in [1.54, 1.807) is 18.4 Å². The number of benzene rings is 1. The highest BCUT2D eigenvalue weighted by Gasteiger charge is 2.46. The van der Waals surface area contributed by atoms with E-state index in [1.807, 2.05) is 0 Å². The van der Waals surface area contributed by atoms with Crippen molar-refractivity contribution >= 4 is 27.6 Å². The van der Waals surface area contributed by atoms with Crippen molar-refractivity contribution in [3.05, 3.63) is 23.8 Å². The molecule has 1 aliphatic rings. The molecule has 0 aromatic heterocycles. The van der Waals surface area contributed by atoms with E-state index in [1.165, 1.54) is 17.8 Å². The predicted molar refractivity (Wildman–Crippen MR) is 74.5 cm³/mol. The van der Waals surface area contributed by atoms with Crippen LogP contribution in [0.25, 0.3) is 0 Å². The van der Waals surface area contributed by atoms with Gasteiger partial charge in [-0.3, -0.25) is 4.79 Å². The molecule has 19 heavy (non-hydrogen) atoms. The molecule has 0 radical (unpaired) electrons. The van der Waals surface area contributed by atoms with E-state index in [0.717, 1.165) is 12.7 Å². The first-order chi connectivity index (χ1) is 8.81. The van der Waals surface area contributed by atoms with Gasteiger partial charge in [0.25, 0.3) is 0 Å². The number of aliphatic carboxylic acids is 1. The second-order valence-electron chi connectivity index (χ2n) is 4.88. The molecule has 1 aromatic carbocycles.